The minimum absolute atomic E-state index is 0.0798. The van der Waals surface area contributed by atoms with Crippen LogP contribution in [0.15, 0.2) is 0 Å². The van der Waals surface area contributed by atoms with Gasteiger partial charge in [0.2, 0.25) is 5.91 Å². The number of ether oxygens (including phenoxy) is 1. The highest BCUT2D eigenvalue weighted by Gasteiger charge is 2.32. The second kappa shape index (κ2) is 7.85. The van der Waals surface area contributed by atoms with E-state index < -0.39 is 0 Å². The molecule has 1 rings (SSSR count). The highest BCUT2D eigenvalue weighted by atomic mass is 16.5. The van der Waals surface area contributed by atoms with Crippen LogP contribution in [0.1, 0.15) is 65.7 Å². The van der Waals surface area contributed by atoms with Crippen LogP contribution in [0.4, 0.5) is 0 Å². The molecule has 0 aliphatic heterocycles. The van der Waals surface area contributed by atoms with Crippen LogP contribution in [0, 0.1) is 11.3 Å². The van der Waals surface area contributed by atoms with Crippen LogP contribution in [0.2, 0.25) is 0 Å². The minimum Gasteiger partial charge on any atom is -0.378 e. The van der Waals surface area contributed by atoms with Crippen molar-refractivity contribution >= 4 is 5.91 Å². The summed E-state index contributed by atoms with van der Waals surface area (Å²) in [6.07, 6.45) is 7.56. The molecular weight excluding hydrogens is 240 g/mol. The van der Waals surface area contributed by atoms with Crippen molar-refractivity contribution in [1.82, 2.24) is 5.43 Å². The van der Waals surface area contributed by atoms with Crippen molar-refractivity contribution in [2.75, 3.05) is 6.61 Å². The number of hydrogen-bond donors (Lipinski definition) is 2. The van der Waals surface area contributed by atoms with Gasteiger partial charge in [-0.2, -0.15) is 0 Å². The van der Waals surface area contributed by atoms with E-state index in [2.05, 4.69) is 26.2 Å². The van der Waals surface area contributed by atoms with Gasteiger partial charge in [-0.1, -0.05) is 27.2 Å². The monoisotopic (exact) mass is 270 g/mol. The molecule has 0 aromatic carbocycles. The number of hydrogen-bond acceptors (Lipinski definition) is 3. The normalized spacial score (nSPS) is 26.1. The maximum Gasteiger partial charge on any atom is 0.233 e. The number of carbonyl (C=O) groups excluding carboxylic acids is 1. The van der Waals surface area contributed by atoms with Gasteiger partial charge in [-0.25, -0.2) is 5.84 Å². The first-order valence-corrected chi connectivity index (χ1v) is 7.54. The van der Waals surface area contributed by atoms with Crippen molar-refractivity contribution in [3.63, 3.8) is 0 Å². The fraction of sp³-hybridized carbons (Fsp3) is 0.933. The fourth-order valence-corrected chi connectivity index (χ4v) is 3.27. The van der Waals surface area contributed by atoms with E-state index in [0.717, 1.165) is 31.8 Å². The third kappa shape index (κ3) is 6.92. The summed E-state index contributed by atoms with van der Waals surface area (Å²) in [5, 5.41) is 0. The van der Waals surface area contributed by atoms with E-state index in [1.807, 2.05) is 0 Å². The molecule has 1 aliphatic rings. The third-order valence-corrected chi connectivity index (χ3v) is 3.91. The highest BCUT2D eigenvalue weighted by Crippen LogP contribution is 2.39. The summed E-state index contributed by atoms with van der Waals surface area (Å²) in [4.78, 5) is 10.9. The van der Waals surface area contributed by atoms with E-state index >= 15 is 0 Å². The van der Waals surface area contributed by atoms with Gasteiger partial charge in [0, 0.05) is 13.0 Å². The molecule has 0 heterocycles. The van der Waals surface area contributed by atoms with Crippen molar-refractivity contribution in [3.05, 3.63) is 0 Å². The van der Waals surface area contributed by atoms with Gasteiger partial charge < -0.3 is 4.74 Å². The summed E-state index contributed by atoms with van der Waals surface area (Å²) in [5.74, 6) is 5.71. The van der Waals surface area contributed by atoms with Gasteiger partial charge in [0.15, 0.2) is 0 Å². The number of nitrogens with two attached hydrogens (primary N) is 1. The Bertz CT molecular complexity index is 279. The van der Waals surface area contributed by atoms with Crippen molar-refractivity contribution in [3.8, 4) is 0 Å². The molecule has 1 fully saturated rings. The second-order valence-electron chi connectivity index (χ2n) is 6.78. The van der Waals surface area contributed by atoms with Crippen molar-refractivity contribution in [2.45, 2.75) is 71.8 Å². The van der Waals surface area contributed by atoms with Gasteiger partial charge in [-0.05, 0) is 43.4 Å². The van der Waals surface area contributed by atoms with Gasteiger partial charge >= 0.3 is 0 Å². The molecule has 0 radical (unpaired) electrons. The van der Waals surface area contributed by atoms with E-state index in [1.165, 1.54) is 19.3 Å². The summed E-state index contributed by atoms with van der Waals surface area (Å²) in [6, 6.07) is 0. The first-order chi connectivity index (χ1) is 8.93. The Kier molecular flexibility index (Phi) is 6.80. The Morgan fingerprint density at radius 3 is 2.68 bits per heavy atom. The maximum absolute atomic E-state index is 10.9. The molecule has 1 amide bonds. The number of unbranched alkanes of at least 4 members (excludes halogenated alkanes) is 2. The van der Waals surface area contributed by atoms with E-state index in [1.54, 1.807) is 0 Å². The Morgan fingerprint density at radius 2 is 2.05 bits per heavy atom. The lowest BCUT2D eigenvalue weighted by Crippen LogP contribution is -2.32. The van der Waals surface area contributed by atoms with Crippen LogP contribution in [0.25, 0.3) is 0 Å². The highest BCUT2D eigenvalue weighted by molar-refractivity contribution is 5.74. The first kappa shape index (κ1) is 16.4. The molecule has 1 saturated carbocycles. The Balaban J connectivity index is 2.07. The zero-order chi connectivity index (χ0) is 14.3. The fourth-order valence-electron chi connectivity index (χ4n) is 3.27. The van der Waals surface area contributed by atoms with Gasteiger partial charge in [0.25, 0.3) is 0 Å². The molecule has 19 heavy (non-hydrogen) atoms. The maximum atomic E-state index is 10.9. The van der Waals surface area contributed by atoms with Crippen molar-refractivity contribution in [1.29, 1.82) is 0 Å². The lowest BCUT2D eigenvalue weighted by atomic mass is 9.71. The number of carbonyl (C=O) groups is 1. The summed E-state index contributed by atoms with van der Waals surface area (Å²) < 4.78 is 6.00. The molecule has 0 spiro atoms. The number of nitrogens with one attached hydrogen (secondary N) is 1. The quantitative estimate of drug-likeness (QED) is 0.323. The van der Waals surface area contributed by atoms with Crippen LogP contribution >= 0.6 is 0 Å². The Labute approximate surface area is 117 Å². The van der Waals surface area contributed by atoms with Crippen molar-refractivity contribution in [2.24, 2.45) is 17.2 Å². The van der Waals surface area contributed by atoms with Crippen LogP contribution in [0.3, 0.4) is 0 Å². The largest absolute Gasteiger partial charge is 0.378 e. The van der Waals surface area contributed by atoms with Gasteiger partial charge in [0.1, 0.15) is 0 Å². The molecule has 0 aromatic heterocycles. The Morgan fingerprint density at radius 1 is 1.32 bits per heavy atom. The number of hydrazine groups is 1. The smallest absolute Gasteiger partial charge is 0.233 e. The summed E-state index contributed by atoms with van der Waals surface area (Å²) in [5.41, 5.74) is 2.57. The van der Waals surface area contributed by atoms with Crippen molar-refractivity contribution < 1.29 is 9.53 Å². The van der Waals surface area contributed by atoms with Crippen LogP contribution < -0.4 is 11.3 Å². The molecule has 0 aromatic rings. The summed E-state index contributed by atoms with van der Waals surface area (Å²) in [6.45, 7) is 7.81. The zero-order valence-electron chi connectivity index (χ0n) is 12.7. The molecule has 0 saturated heterocycles. The minimum atomic E-state index is -0.0798. The predicted octanol–water partition coefficient (Wildman–Crippen LogP) is 2.77. The number of amides is 1. The lowest BCUT2D eigenvalue weighted by molar-refractivity contribution is -0.121. The summed E-state index contributed by atoms with van der Waals surface area (Å²) in [7, 11) is 0. The van der Waals surface area contributed by atoms with Gasteiger partial charge in [-0.3, -0.25) is 10.2 Å². The molecule has 1 aliphatic carbocycles. The topological polar surface area (TPSA) is 64.3 Å². The first-order valence-electron chi connectivity index (χ1n) is 7.54. The molecule has 112 valence electrons. The average molecular weight is 270 g/mol. The van der Waals surface area contributed by atoms with Gasteiger partial charge in [-0.15, -0.1) is 0 Å². The predicted molar refractivity (Wildman–Crippen MR) is 77.3 cm³/mol. The summed E-state index contributed by atoms with van der Waals surface area (Å²) >= 11 is 0. The molecule has 4 heteroatoms. The van der Waals surface area contributed by atoms with Crippen LogP contribution in [-0.2, 0) is 9.53 Å². The van der Waals surface area contributed by atoms with E-state index in [4.69, 9.17) is 10.6 Å². The Hall–Kier alpha value is -0.610. The second-order valence-corrected chi connectivity index (χ2v) is 6.78. The average Bonchev–Trinajstić information content (AvgIpc) is 2.30. The molecular formula is C15H30N2O2. The molecule has 4 nitrogen and oxygen atoms in total. The lowest BCUT2D eigenvalue weighted by Gasteiger charge is -2.38. The van der Waals surface area contributed by atoms with E-state index in [0.29, 0.717) is 17.9 Å². The van der Waals surface area contributed by atoms with Gasteiger partial charge in [0.05, 0.1) is 6.10 Å². The third-order valence-electron chi connectivity index (χ3n) is 3.91. The standard InChI is InChI=1S/C15H30N2O2/c1-12-9-13(11-15(2,3)10-12)19-8-6-4-5-7-14(18)17-16/h12-13H,4-11,16H2,1-3H3,(H,17,18). The molecule has 2 atom stereocenters. The SMILES string of the molecule is CC1CC(OCCCCCC(=O)NN)CC(C)(C)C1. The number of rotatable bonds is 7. The molecule has 0 bridgehead atoms. The zero-order valence-corrected chi connectivity index (χ0v) is 12.7. The van der Waals surface area contributed by atoms with Crippen LogP contribution in [-0.4, -0.2) is 18.6 Å². The van der Waals surface area contributed by atoms with E-state index in [9.17, 15) is 4.79 Å². The van der Waals surface area contributed by atoms with E-state index in [-0.39, 0.29) is 5.91 Å². The molecule has 2 unspecified atom stereocenters. The van der Waals surface area contributed by atoms with Crippen LogP contribution in [0.5, 0.6) is 0 Å². The molecule has 3 N–H and O–H groups in total.